The largest absolute Gasteiger partial charge is 0.480 e. The Labute approximate surface area is 169 Å². The third-order valence-electron chi connectivity index (χ3n) is 4.12. The minimum absolute atomic E-state index is 0.0463. The van der Waals surface area contributed by atoms with E-state index in [4.69, 9.17) is 33.5 Å². The summed E-state index contributed by atoms with van der Waals surface area (Å²) in [6.07, 6.45) is -3.72. The number of rotatable bonds is 15. The molecule has 4 atom stereocenters. The number of hydrogen-bond acceptors (Lipinski definition) is 10. The first-order valence-corrected chi connectivity index (χ1v) is 9.15. The predicted octanol–water partition coefficient (Wildman–Crippen LogP) is -2.26. The molecule has 1 amide bonds. The molecule has 1 fully saturated rings. The molecule has 0 aromatic rings. The monoisotopic (exact) mass is 425 g/mol. The minimum atomic E-state index is -1.37. The van der Waals surface area contributed by atoms with E-state index in [0.717, 1.165) is 0 Å². The number of amides is 1. The standard InChI is InChI=1S/C17H31NO11/c1-12(19)18-16-14(22)15(23)17(24-2,11-29-16)10-28-8-6-26-4-3-25-5-7-27-9-13(20)21/h14-16,22-23H,3-11H2,1-2H3,(H,18,19)(H,20,21)/t14-,15+,16-,17-/m0/s1. The SMILES string of the molecule is CO[C@@]1(COCCOCCOCCOCC(=O)O)CO[C@H](NC(C)=O)[C@@H](O)[C@H]1O. The molecule has 1 rings (SSSR count). The van der Waals surface area contributed by atoms with Crippen molar-refractivity contribution in [3.05, 3.63) is 0 Å². The van der Waals surface area contributed by atoms with Crippen molar-refractivity contribution in [1.82, 2.24) is 5.32 Å². The quantitative estimate of drug-likeness (QED) is 0.209. The van der Waals surface area contributed by atoms with Crippen molar-refractivity contribution in [2.45, 2.75) is 31.0 Å². The van der Waals surface area contributed by atoms with Crippen LogP contribution in [0.25, 0.3) is 0 Å². The zero-order chi connectivity index (χ0) is 21.7. The molecule has 0 saturated carbocycles. The summed E-state index contributed by atoms with van der Waals surface area (Å²) >= 11 is 0. The lowest BCUT2D eigenvalue weighted by atomic mass is 9.90. The van der Waals surface area contributed by atoms with Crippen LogP contribution in [-0.4, -0.2) is 118 Å². The van der Waals surface area contributed by atoms with Crippen molar-refractivity contribution in [3.63, 3.8) is 0 Å². The van der Waals surface area contributed by atoms with Crippen LogP contribution in [0.15, 0.2) is 0 Å². The van der Waals surface area contributed by atoms with Gasteiger partial charge in [0.15, 0.2) is 6.23 Å². The van der Waals surface area contributed by atoms with E-state index in [0.29, 0.717) is 13.2 Å². The van der Waals surface area contributed by atoms with Gasteiger partial charge in [0.25, 0.3) is 0 Å². The summed E-state index contributed by atoms with van der Waals surface area (Å²) in [5.74, 6) is -1.42. The molecule has 12 heteroatoms. The summed E-state index contributed by atoms with van der Waals surface area (Å²) in [5.41, 5.74) is -1.27. The van der Waals surface area contributed by atoms with Crippen molar-refractivity contribution in [1.29, 1.82) is 0 Å². The van der Waals surface area contributed by atoms with E-state index in [1.54, 1.807) is 0 Å². The maximum absolute atomic E-state index is 11.1. The second-order valence-corrected chi connectivity index (χ2v) is 6.36. The average Bonchev–Trinajstić information content (AvgIpc) is 2.67. The topological polar surface area (TPSA) is 162 Å². The Morgan fingerprint density at radius 1 is 1.03 bits per heavy atom. The number of aliphatic carboxylic acids is 1. The molecule has 0 bridgehead atoms. The lowest BCUT2D eigenvalue weighted by molar-refractivity contribution is -0.262. The van der Waals surface area contributed by atoms with Crippen LogP contribution in [0.1, 0.15) is 6.92 Å². The fourth-order valence-corrected chi connectivity index (χ4v) is 2.55. The molecule has 1 heterocycles. The fourth-order valence-electron chi connectivity index (χ4n) is 2.55. The highest BCUT2D eigenvalue weighted by Crippen LogP contribution is 2.27. The van der Waals surface area contributed by atoms with Gasteiger partial charge in [-0.3, -0.25) is 4.79 Å². The number of ether oxygens (including phenoxy) is 6. The van der Waals surface area contributed by atoms with Crippen molar-refractivity contribution in [3.8, 4) is 0 Å². The maximum Gasteiger partial charge on any atom is 0.329 e. The van der Waals surface area contributed by atoms with Crippen LogP contribution in [-0.2, 0) is 38.0 Å². The molecule has 0 unspecified atom stereocenters. The zero-order valence-electron chi connectivity index (χ0n) is 16.7. The molecule has 29 heavy (non-hydrogen) atoms. The van der Waals surface area contributed by atoms with Gasteiger partial charge in [-0.25, -0.2) is 4.79 Å². The van der Waals surface area contributed by atoms with Crippen molar-refractivity contribution >= 4 is 11.9 Å². The molecule has 4 N–H and O–H groups in total. The molecule has 0 aliphatic carbocycles. The molecule has 170 valence electrons. The number of nitrogens with one attached hydrogen (secondary N) is 1. The number of aliphatic hydroxyl groups excluding tert-OH is 2. The number of carbonyl (C=O) groups is 2. The molecule has 1 aliphatic rings. The molecule has 1 saturated heterocycles. The molecular formula is C17H31NO11. The first kappa shape index (κ1) is 25.7. The smallest absolute Gasteiger partial charge is 0.329 e. The zero-order valence-corrected chi connectivity index (χ0v) is 16.7. The highest BCUT2D eigenvalue weighted by Gasteiger charge is 2.50. The van der Waals surface area contributed by atoms with Crippen LogP contribution in [0.3, 0.4) is 0 Å². The van der Waals surface area contributed by atoms with Gasteiger partial charge in [0.2, 0.25) is 5.91 Å². The number of methoxy groups -OCH3 is 1. The Balaban J connectivity index is 2.15. The number of hydrogen-bond donors (Lipinski definition) is 4. The van der Waals surface area contributed by atoms with Crippen molar-refractivity contribution in [2.75, 3.05) is 66.6 Å². The van der Waals surface area contributed by atoms with E-state index in [-0.39, 0.29) is 46.2 Å². The molecule has 0 aromatic heterocycles. The second kappa shape index (κ2) is 13.8. The van der Waals surface area contributed by atoms with Crippen molar-refractivity contribution < 1.29 is 53.3 Å². The van der Waals surface area contributed by atoms with E-state index in [1.165, 1.54) is 14.0 Å². The summed E-state index contributed by atoms with van der Waals surface area (Å²) in [6, 6.07) is 0. The van der Waals surface area contributed by atoms with Gasteiger partial charge in [-0.15, -0.1) is 0 Å². The molecule has 0 aromatic carbocycles. The third-order valence-corrected chi connectivity index (χ3v) is 4.12. The molecule has 0 spiro atoms. The number of carbonyl (C=O) groups excluding carboxylic acids is 1. The molecular weight excluding hydrogens is 394 g/mol. The number of aliphatic hydroxyl groups is 2. The molecule has 0 radical (unpaired) electrons. The van der Waals surface area contributed by atoms with Gasteiger partial charge >= 0.3 is 5.97 Å². The Kier molecular flexibility index (Phi) is 12.2. The van der Waals surface area contributed by atoms with Gasteiger partial charge < -0.3 is 49.1 Å². The highest BCUT2D eigenvalue weighted by atomic mass is 16.6. The van der Waals surface area contributed by atoms with E-state index in [9.17, 15) is 19.8 Å². The summed E-state index contributed by atoms with van der Waals surface area (Å²) < 4.78 is 31.6. The van der Waals surface area contributed by atoms with Crippen LogP contribution in [0, 0.1) is 0 Å². The molecule has 12 nitrogen and oxygen atoms in total. The predicted molar refractivity (Wildman–Crippen MR) is 96.2 cm³/mol. The van der Waals surface area contributed by atoms with Crippen LogP contribution in [0.5, 0.6) is 0 Å². The lowest BCUT2D eigenvalue weighted by Gasteiger charge is -2.45. The van der Waals surface area contributed by atoms with E-state index >= 15 is 0 Å². The van der Waals surface area contributed by atoms with E-state index in [1.807, 2.05) is 0 Å². The average molecular weight is 425 g/mol. The van der Waals surface area contributed by atoms with Gasteiger partial charge in [0.05, 0.1) is 52.9 Å². The van der Waals surface area contributed by atoms with Gasteiger partial charge in [-0.1, -0.05) is 0 Å². The summed E-state index contributed by atoms with van der Waals surface area (Å²) in [5, 5.41) is 31.3. The Morgan fingerprint density at radius 3 is 2.10 bits per heavy atom. The normalized spacial score (nSPS) is 27.0. The van der Waals surface area contributed by atoms with E-state index in [2.05, 4.69) is 5.32 Å². The summed E-state index contributed by atoms with van der Waals surface area (Å²) in [4.78, 5) is 21.3. The number of carboxylic acid groups (broad SMARTS) is 1. The first-order valence-electron chi connectivity index (χ1n) is 9.15. The summed E-state index contributed by atoms with van der Waals surface area (Å²) in [6.45, 7) is 2.38. The Bertz CT molecular complexity index is 492. The van der Waals surface area contributed by atoms with Gasteiger partial charge in [0, 0.05) is 14.0 Å². The Hall–Kier alpha value is -1.38. The van der Waals surface area contributed by atoms with Crippen LogP contribution in [0.2, 0.25) is 0 Å². The van der Waals surface area contributed by atoms with Crippen LogP contribution in [0.4, 0.5) is 0 Å². The highest BCUT2D eigenvalue weighted by molar-refractivity contribution is 5.73. The molecule has 1 aliphatic heterocycles. The van der Waals surface area contributed by atoms with Gasteiger partial charge in [0.1, 0.15) is 24.4 Å². The lowest BCUT2D eigenvalue weighted by Crippen LogP contribution is -2.67. The fraction of sp³-hybridized carbons (Fsp3) is 0.882. The maximum atomic E-state index is 11.1. The van der Waals surface area contributed by atoms with E-state index < -0.39 is 35.9 Å². The van der Waals surface area contributed by atoms with Crippen LogP contribution < -0.4 is 5.32 Å². The Morgan fingerprint density at radius 2 is 1.59 bits per heavy atom. The van der Waals surface area contributed by atoms with Crippen molar-refractivity contribution in [2.24, 2.45) is 0 Å². The van der Waals surface area contributed by atoms with Gasteiger partial charge in [-0.2, -0.15) is 0 Å². The minimum Gasteiger partial charge on any atom is -0.480 e. The third kappa shape index (κ3) is 9.31. The first-order chi connectivity index (χ1) is 13.8. The summed E-state index contributed by atoms with van der Waals surface area (Å²) in [7, 11) is 1.37. The van der Waals surface area contributed by atoms with Gasteiger partial charge in [-0.05, 0) is 0 Å². The number of carboxylic acids is 1. The second-order valence-electron chi connectivity index (χ2n) is 6.36. The van der Waals surface area contributed by atoms with Crippen LogP contribution >= 0.6 is 0 Å².